The van der Waals surface area contributed by atoms with E-state index >= 15 is 0 Å². The van der Waals surface area contributed by atoms with E-state index in [0.29, 0.717) is 12.3 Å². The number of esters is 1. The van der Waals surface area contributed by atoms with Crippen LogP contribution in [0.1, 0.15) is 73.6 Å². The summed E-state index contributed by atoms with van der Waals surface area (Å²) < 4.78 is 12.4. The number of hydrogen-bond acceptors (Lipinski definition) is 4. The maximum Gasteiger partial charge on any atom is 0.303 e. The SMILES string of the molecule is C=C[C@@]1(C)CC(=O)[C@@H]2[C@@]3(C)CCCC(C)(C)[C@@H]3C[C@H](OC(C)=O)[C@@]2(C)O1. The number of Topliss-reactive ketones (excluding diaryl/α,β-unsaturated/α-hetero) is 1. The molecule has 1 aliphatic heterocycles. The number of rotatable bonds is 2. The predicted octanol–water partition coefficient (Wildman–Crippen LogP) is 4.46. The van der Waals surface area contributed by atoms with E-state index in [1.807, 2.05) is 13.8 Å². The summed E-state index contributed by atoms with van der Waals surface area (Å²) in [5, 5.41) is 0. The Bertz CT molecular complexity index is 638. The molecular formula is C22H34O4. The molecule has 0 amide bonds. The molecule has 1 heterocycles. The summed E-state index contributed by atoms with van der Waals surface area (Å²) in [5.74, 6) is -0.0187. The van der Waals surface area contributed by atoms with Crippen LogP contribution in [0.4, 0.5) is 0 Å². The molecule has 0 radical (unpaired) electrons. The second-order valence-corrected chi connectivity index (χ2v) is 10.1. The first-order valence-electron chi connectivity index (χ1n) is 9.92. The molecule has 26 heavy (non-hydrogen) atoms. The Balaban J connectivity index is 2.13. The van der Waals surface area contributed by atoms with Crippen LogP contribution in [0, 0.1) is 22.7 Å². The van der Waals surface area contributed by atoms with E-state index in [1.165, 1.54) is 6.92 Å². The number of hydrogen-bond donors (Lipinski definition) is 0. The van der Waals surface area contributed by atoms with Gasteiger partial charge in [-0.05, 0) is 49.9 Å². The van der Waals surface area contributed by atoms with E-state index in [1.54, 1.807) is 6.08 Å². The third-order valence-electron chi connectivity index (χ3n) is 7.64. The second kappa shape index (κ2) is 5.92. The lowest BCUT2D eigenvalue weighted by molar-refractivity contribution is -0.279. The highest BCUT2D eigenvalue weighted by Crippen LogP contribution is 2.65. The van der Waals surface area contributed by atoms with Gasteiger partial charge in [0.2, 0.25) is 0 Å². The molecule has 6 atom stereocenters. The highest BCUT2D eigenvalue weighted by Gasteiger charge is 2.68. The molecule has 0 spiro atoms. The molecule has 0 aromatic heterocycles. The van der Waals surface area contributed by atoms with Crippen molar-refractivity contribution in [3.63, 3.8) is 0 Å². The van der Waals surface area contributed by atoms with E-state index in [4.69, 9.17) is 9.47 Å². The molecule has 0 N–H and O–H groups in total. The predicted molar refractivity (Wildman–Crippen MR) is 101 cm³/mol. The monoisotopic (exact) mass is 362 g/mol. The van der Waals surface area contributed by atoms with Gasteiger partial charge in [-0.2, -0.15) is 0 Å². The largest absolute Gasteiger partial charge is 0.459 e. The van der Waals surface area contributed by atoms with Crippen LogP contribution in [-0.4, -0.2) is 29.1 Å². The molecule has 146 valence electrons. The van der Waals surface area contributed by atoms with Gasteiger partial charge in [0.1, 0.15) is 17.5 Å². The maximum absolute atomic E-state index is 13.4. The summed E-state index contributed by atoms with van der Waals surface area (Å²) >= 11 is 0. The Morgan fingerprint density at radius 2 is 1.88 bits per heavy atom. The first kappa shape index (κ1) is 19.6. The fraction of sp³-hybridized carbons (Fsp3) is 0.818. The normalized spacial score (nSPS) is 47.5. The fourth-order valence-corrected chi connectivity index (χ4v) is 6.67. The van der Waals surface area contributed by atoms with E-state index < -0.39 is 17.3 Å². The first-order valence-corrected chi connectivity index (χ1v) is 9.92. The van der Waals surface area contributed by atoms with Crippen LogP contribution < -0.4 is 0 Å². The molecule has 4 nitrogen and oxygen atoms in total. The Morgan fingerprint density at radius 3 is 2.46 bits per heavy atom. The Labute approximate surface area is 157 Å². The Hall–Kier alpha value is -1.16. The average molecular weight is 363 g/mol. The quantitative estimate of drug-likeness (QED) is 0.537. The van der Waals surface area contributed by atoms with Crippen LogP contribution in [-0.2, 0) is 19.1 Å². The van der Waals surface area contributed by atoms with Crippen molar-refractivity contribution in [3.8, 4) is 0 Å². The van der Waals surface area contributed by atoms with Crippen molar-refractivity contribution in [2.75, 3.05) is 0 Å². The lowest BCUT2D eigenvalue weighted by Crippen LogP contribution is -2.71. The Kier molecular flexibility index (Phi) is 4.46. The topological polar surface area (TPSA) is 52.6 Å². The maximum atomic E-state index is 13.4. The van der Waals surface area contributed by atoms with Crippen molar-refractivity contribution in [2.45, 2.75) is 91.0 Å². The van der Waals surface area contributed by atoms with Gasteiger partial charge in [-0.1, -0.05) is 33.3 Å². The van der Waals surface area contributed by atoms with E-state index in [2.05, 4.69) is 27.4 Å². The zero-order valence-electron chi connectivity index (χ0n) is 17.2. The summed E-state index contributed by atoms with van der Waals surface area (Å²) in [4.78, 5) is 25.3. The summed E-state index contributed by atoms with van der Waals surface area (Å²) in [7, 11) is 0. The molecule has 0 aromatic rings. The molecule has 0 bridgehead atoms. The summed E-state index contributed by atoms with van der Waals surface area (Å²) in [5.41, 5.74) is -1.55. The number of ketones is 1. The van der Waals surface area contributed by atoms with Crippen molar-refractivity contribution < 1.29 is 19.1 Å². The minimum atomic E-state index is -0.817. The van der Waals surface area contributed by atoms with E-state index in [-0.39, 0.29) is 28.5 Å². The van der Waals surface area contributed by atoms with Crippen molar-refractivity contribution in [2.24, 2.45) is 22.7 Å². The van der Waals surface area contributed by atoms with E-state index in [9.17, 15) is 9.59 Å². The van der Waals surface area contributed by atoms with Gasteiger partial charge in [-0.15, -0.1) is 6.58 Å². The number of fused-ring (bicyclic) bond motifs is 3. The van der Waals surface area contributed by atoms with Gasteiger partial charge in [0.25, 0.3) is 0 Å². The molecule has 3 fully saturated rings. The van der Waals surface area contributed by atoms with Crippen molar-refractivity contribution in [3.05, 3.63) is 12.7 Å². The number of carbonyl (C=O) groups is 2. The number of carbonyl (C=O) groups excluding carboxylic acids is 2. The average Bonchev–Trinajstić information content (AvgIpc) is 2.47. The molecule has 2 aliphatic carbocycles. The fourth-order valence-electron chi connectivity index (χ4n) is 6.67. The standard InChI is InChI=1S/C22H34O4/c1-8-20(5)13-15(24)18-21(6)11-9-10-19(3,4)16(21)12-17(25-14(2)23)22(18,7)26-20/h8,16-18H,1,9-13H2,2-7H3/t16-,17-,18+,20-,21-,22+/m0/s1. The number of ether oxygens (including phenoxy) is 2. The van der Waals surface area contributed by atoms with Crippen molar-refractivity contribution >= 4 is 11.8 Å². The van der Waals surface area contributed by atoms with Gasteiger partial charge in [-0.3, -0.25) is 9.59 Å². The summed E-state index contributed by atoms with van der Waals surface area (Å²) in [6.45, 7) is 16.1. The highest BCUT2D eigenvalue weighted by atomic mass is 16.6. The van der Waals surface area contributed by atoms with E-state index in [0.717, 1.165) is 25.7 Å². The van der Waals surface area contributed by atoms with Crippen LogP contribution in [0.3, 0.4) is 0 Å². The van der Waals surface area contributed by atoms with Crippen LogP contribution in [0.5, 0.6) is 0 Å². The summed E-state index contributed by atoms with van der Waals surface area (Å²) in [6.07, 6.45) is 5.68. The zero-order valence-corrected chi connectivity index (χ0v) is 17.2. The smallest absolute Gasteiger partial charge is 0.303 e. The van der Waals surface area contributed by atoms with Gasteiger partial charge >= 0.3 is 5.97 Å². The van der Waals surface area contributed by atoms with Crippen LogP contribution in [0.15, 0.2) is 12.7 Å². The Morgan fingerprint density at radius 1 is 1.23 bits per heavy atom. The highest BCUT2D eigenvalue weighted by molar-refractivity contribution is 5.85. The zero-order chi connectivity index (χ0) is 19.5. The van der Waals surface area contributed by atoms with Crippen LogP contribution in [0.25, 0.3) is 0 Å². The van der Waals surface area contributed by atoms with Gasteiger partial charge in [0.15, 0.2) is 0 Å². The van der Waals surface area contributed by atoms with Crippen LogP contribution in [0.2, 0.25) is 0 Å². The molecule has 2 saturated carbocycles. The summed E-state index contributed by atoms with van der Waals surface area (Å²) in [6, 6.07) is 0. The van der Waals surface area contributed by atoms with Gasteiger partial charge in [-0.25, -0.2) is 0 Å². The first-order chi connectivity index (χ1) is 11.9. The van der Waals surface area contributed by atoms with Gasteiger partial charge < -0.3 is 9.47 Å². The van der Waals surface area contributed by atoms with Gasteiger partial charge in [0, 0.05) is 13.3 Å². The van der Waals surface area contributed by atoms with Gasteiger partial charge in [0.05, 0.1) is 11.5 Å². The molecule has 3 aliphatic rings. The lowest BCUT2D eigenvalue weighted by Gasteiger charge is -2.65. The minimum absolute atomic E-state index is 0.117. The molecule has 0 aromatic carbocycles. The molecule has 1 saturated heterocycles. The second-order valence-electron chi connectivity index (χ2n) is 10.1. The third kappa shape index (κ3) is 2.76. The molecule has 3 rings (SSSR count). The minimum Gasteiger partial charge on any atom is -0.459 e. The van der Waals surface area contributed by atoms with Crippen molar-refractivity contribution in [1.29, 1.82) is 0 Å². The molecule has 4 heteroatoms. The molecule has 0 unspecified atom stereocenters. The lowest BCUT2D eigenvalue weighted by atomic mass is 9.43. The van der Waals surface area contributed by atoms with Crippen molar-refractivity contribution in [1.82, 2.24) is 0 Å². The van der Waals surface area contributed by atoms with Crippen LogP contribution >= 0.6 is 0 Å². The third-order valence-corrected chi connectivity index (χ3v) is 7.64. The molecular weight excluding hydrogens is 328 g/mol.